The average molecular weight is 222 g/mol. The summed E-state index contributed by atoms with van der Waals surface area (Å²) in [5, 5.41) is 3.39. The van der Waals surface area contributed by atoms with E-state index in [2.05, 4.69) is 31.3 Å². The molecule has 1 aromatic rings. The standard InChI is InChI=1S/C13H22N2O/c1-10-8-12(15-7-5-4-6-14)13(16-3)9-11(10)2/h8-9,15H,4-7,14H2,1-3H3. The molecule has 0 radical (unpaired) electrons. The third-order valence-electron chi connectivity index (χ3n) is 2.76. The Morgan fingerprint density at radius 1 is 1.19 bits per heavy atom. The van der Waals surface area contributed by atoms with Crippen LogP contribution in [0.5, 0.6) is 5.75 Å². The maximum Gasteiger partial charge on any atom is 0.142 e. The first-order valence-electron chi connectivity index (χ1n) is 5.78. The van der Waals surface area contributed by atoms with Crippen LogP contribution in [0.15, 0.2) is 12.1 Å². The first-order chi connectivity index (χ1) is 7.69. The molecular weight excluding hydrogens is 200 g/mol. The van der Waals surface area contributed by atoms with Crippen molar-refractivity contribution in [2.45, 2.75) is 26.7 Å². The van der Waals surface area contributed by atoms with Crippen LogP contribution in [0.3, 0.4) is 0 Å². The van der Waals surface area contributed by atoms with Crippen LogP contribution >= 0.6 is 0 Å². The molecule has 3 heteroatoms. The lowest BCUT2D eigenvalue weighted by Crippen LogP contribution is -2.07. The van der Waals surface area contributed by atoms with Crippen molar-refractivity contribution in [1.82, 2.24) is 0 Å². The average Bonchev–Trinajstić information content (AvgIpc) is 2.28. The Hall–Kier alpha value is -1.22. The maximum absolute atomic E-state index is 5.46. The summed E-state index contributed by atoms with van der Waals surface area (Å²) >= 11 is 0. The van der Waals surface area contributed by atoms with Crippen molar-refractivity contribution in [3.8, 4) is 5.75 Å². The number of hydrogen-bond acceptors (Lipinski definition) is 3. The van der Waals surface area contributed by atoms with Crippen LogP contribution in [-0.2, 0) is 0 Å². The van der Waals surface area contributed by atoms with E-state index < -0.39 is 0 Å². The van der Waals surface area contributed by atoms with E-state index in [0.29, 0.717) is 0 Å². The molecular formula is C13H22N2O. The summed E-state index contributed by atoms with van der Waals surface area (Å²) in [5.74, 6) is 0.913. The van der Waals surface area contributed by atoms with Gasteiger partial charge in [-0.05, 0) is 56.5 Å². The van der Waals surface area contributed by atoms with Crippen molar-refractivity contribution in [3.05, 3.63) is 23.3 Å². The number of hydrogen-bond donors (Lipinski definition) is 2. The van der Waals surface area contributed by atoms with Crippen LogP contribution in [0.1, 0.15) is 24.0 Å². The van der Waals surface area contributed by atoms with Crippen LogP contribution in [0.25, 0.3) is 0 Å². The molecule has 90 valence electrons. The van der Waals surface area contributed by atoms with E-state index in [9.17, 15) is 0 Å². The Morgan fingerprint density at radius 3 is 2.50 bits per heavy atom. The molecule has 0 aliphatic heterocycles. The molecule has 3 nitrogen and oxygen atoms in total. The number of ether oxygens (including phenoxy) is 1. The molecule has 0 amide bonds. The molecule has 0 bridgehead atoms. The topological polar surface area (TPSA) is 47.3 Å². The predicted molar refractivity (Wildman–Crippen MR) is 69.2 cm³/mol. The lowest BCUT2D eigenvalue weighted by atomic mass is 10.1. The number of nitrogens with one attached hydrogen (secondary N) is 1. The fraction of sp³-hybridized carbons (Fsp3) is 0.538. The molecule has 0 spiro atoms. The third kappa shape index (κ3) is 3.42. The van der Waals surface area contributed by atoms with Crippen LogP contribution in [0.2, 0.25) is 0 Å². The summed E-state index contributed by atoms with van der Waals surface area (Å²) in [6.07, 6.45) is 2.15. The van der Waals surface area contributed by atoms with Crippen LogP contribution < -0.4 is 15.8 Å². The summed E-state index contributed by atoms with van der Waals surface area (Å²) in [6, 6.07) is 4.21. The van der Waals surface area contributed by atoms with Crippen LogP contribution in [-0.4, -0.2) is 20.2 Å². The van der Waals surface area contributed by atoms with Gasteiger partial charge in [0.25, 0.3) is 0 Å². The minimum Gasteiger partial charge on any atom is -0.495 e. The van der Waals surface area contributed by atoms with E-state index in [-0.39, 0.29) is 0 Å². The monoisotopic (exact) mass is 222 g/mol. The minimum atomic E-state index is 0.756. The molecule has 0 aliphatic carbocycles. The third-order valence-corrected chi connectivity index (χ3v) is 2.76. The normalized spacial score (nSPS) is 10.2. The zero-order valence-corrected chi connectivity index (χ0v) is 10.5. The smallest absolute Gasteiger partial charge is 0.142 e. The Balaban J connectivity index is 2.66. The summed E-state index contributed by atoms with van der Waals surface area (Å²) in [7, 11) is 1.70. The van der Waals surface area contributed by atoms with Crippen molar-refractivity contribution in [2.75, 3.05) is 25.5 Å². The van der Waals surface area contributed by atoms with Crippen molar-refractivity contribution in [1.29, 1.82) is 0 Å². The number of unbranched alkanes of at least 4 members (excludes halogenated alkanes) is 1. The number of rotatable bonds is 6. The van der Waals surface area contributed by atoms with Gasteiger partial charge in [-0.3, -0.25) is 0 Å². The second-order valence-electron chi connectivity index (χ2n) is 4.06. The maximum atomic E-state index is 5.46. The summed E-state index contributed by atoms with van der Waals surface area (Å²) in [4.78, 5) is 0. The summed E-state index contributed by atoms with van der Waals surface area (Å²) < 4.78 is 5.35. The van der Waals surface area contributed by atoms with E-state index in [1.165, 1.54) is 11.1 Å². The fourth-order valence-electron chi connectivity index (χ4n) is 1.59. The molecule has 3 N–H and O–H groups in total. The highest BCUT2D eigenvalue weighted by molar-refractivity contribution is 5.59. The van der Waals surface area contributed by atoms with Gasteiger partial charge in [0.15, 0.2) is 0 Å². The predicted octanol–water partition coefficient (Wildman–Crippen LogP) is 2.46. The van der Waals surface area contributed by atoms with Gasteiger partial charge in [0.1, 0.15) is 5.75 Å². The highest BCUT2D eigenvalue weighted by Crippen LogP contribution is 2.27. The number of methoxy groups -OCH3 is 1. The van der Waals surface area contributed by atoms with Gasteiger partial charge >= 0.3 is 0 Å². The van der Waals surface area contributed by atoms with Crippen molar-refractivity contribution in [2.24, 2.45) is 5.73 Å². The first-order valence-corrected chi connectivity index (χ1v) is 5.78. The molecule has 0 heterocycles. The Bertz CT molecular complexity index is 337. The Morgan fingerprint density at radius 2 is 1.88 bits per heavy atom. The highest BCUT2D eigenvalue weighted by atomic mass is 16.5. The number of anilines is 1. The highest BCUT2D eigenvalue weighted by Gasteiger charge is 2.04. The lowest BCUT2D eigenvalue weighted by Gasteiger charge is -2.13. The zero-order valence-electron chi connectivity index (χ0n) is 10.5. The van der Waals surface area contributed by atoms with Crippen LogP contribution in [0, 0.1) is 13.8 Å². The van der Waals surface area contributed by atoms with Crippen molar-refractivity contribution in [3.63, 3.8) is 0 Å². The minimum absolute atomic E-state index is 0.756. The Kier molecular flexibility index (Phi) is 5.12. The lowest BCUT2D eigenvalue weighted by molar-refractivity contribution is 0.416. The molecule has 16 heavy (non-hydrogen) atoms. The van der Waals surface area contributed by atoms with Gasteiger partial charge in [-0.25, -0.2) is 0 Å². The van der Waals surface area contributed by atoms with Gasteiger partial charge < -0.3 is 15.8 Å². The molecule has 0 saturated heterocycles. The van der Waals surface area contributed by atoms with E-state index >= 15 is 0 Å². The number of nitrogens with two attached hydrogens (primary N) is 1. The van der Waals surface area contributed by atoms with Crippen molar-refractivity contribution < 1.29 is 4.74 Å². The van der Waals surface area contributed by atoms with E-state index in [4.69, 9.17) is 10.5 Å². The molecule has 0 unspecified atom stereocenters. The Labute approximate surface area is 98.0 Å². The molecule has 1 aromatic carbocycles. The van der Waals surface area contributed by atoms with E-state index in [0.717, 1.165) is 37.4 Å². The second kappa shape index (κ2) is 6.38. The quantitative estimate of drug-likeness (QED) is 0.727. The van der Waals surface area contributed by atoms with Gasteiger partial charge in [-0.15, -0.1) is 0 Å². The SMILES string of the molecule is COc1cc(C)c(C)cc1NCCCCN. The second-order valence-corrected chi connectivity index (χ2v) is 4.06. The number of benzene rings is 1. The molecule has 1 rings (SSSR count). The molecule has 0 atom stereocenters. The van der Waals surface area contributed by atoms with Gasteiger partial charge in [0.05, 0.1) is 12.8 Å². The van der Waals surface area contributed by atoms with Gasteiger partial charge in [0, 0.05) is 6.54 Å². The first kappa shape index (κ1) is 12.8. The van der Waals surface area contributed by atoms with E-state index in [1.807, 2.05) is 0 Å². The summed E-state index contributed by atoms with van der Waals surface area (Å²) in [6.45, 7) is 5.90. The molecule has 0 aliphatic rings. The zero-order chi connectivity index (χ0) is 12.0. The molecule has 0 aromatic heterocycles. The molecule has 0 saturated carbocycles. The van der Waals surface area contributed by atoms with E-state index in [1.54, 1.807) is 7.11 Å². The summed E-state index contributed by atoms with van der Waals surface area (Å²) in [5.41, 5.74) is 9.06. The van der Waals surface area contributed by atoms with Gasteiger partial charge in [0.2, 0.25) is 0 Å². The number of aryl methyl sites for hydroxylation is 2. The van der Waals surface area contributed by atoms with Gasteiger partial charge in [-0.1, -0.05) is 0 Å². The molecule has 0 fully saturated rings. The van der Waals surface area contributed by atoms with Gasteiger partial charge in [-0.2, -0.15) is 0 Å². The van der Waals surface area contributed by atoms with Crippen LogP contribution in [0.4, 0.5) is 5.69 Å². The largest absolute Gasteiger partial charge is 0.495 e. The van der Waals surface area contributed by atoms with Crippen molar-refractivity contribution >= 4 is 5.69 Å². The fourth-order valence-corrected chi connectivity index (χ4v) is 1.59.